The van der Waals surface area contributed by atoms with Gasteiger partial charge in [0, 0.05) is 12.6 Å². The Morgan fingerprint density at radius 3 is 2.61 bits per heavy atom. The first-order chi connectivity index (χ1) is 11.0. The lowest BCUT2D eigenvalue weighted by molar-refractivity contribution is 0.0937. The minimum absolute atomic E-state index is 0.0675. The number of carbonyl (C=O) groups is 1. The van der Waals surface area contributed by atoms with Gasteiger partial charge in [0.05, 0.1) is 17.1 Å². The third kappa shape index (κ3) is 2.84. The largest absolute Gasteiger partial charge is 0.342 e. The Kier molecular flexibility index (Phi) is 3.90. The van der Waals surface area contributed by atoms with Crippen LogP contribution in [0.4, 0.5) is 0 Å². The van der Waals surface area contributed by atoms with Crippen molar-refractivity contribution in [2.24, 2.45) is 7.05 Å². The van der Waals surface area contributed by atoms with Crippen LogP contribution in [-0.4, -0.2) is 15.5 Å². The van der Waals surface area contributed by atoms with E-state index in [0.717, 1.165) is 28.0 Å². The quantitative estimate of drug-likeness (QED) is 0.802. The van der Waals surface area contributed by atoms with Gasteiger partial charge in [-0.05, 0) is 44.5 Å². The molecular weight excluding hydrogens is 286 g/mol. The lowest BCUT2D eigenvalue weighted by Crippen LogP contribution is -2.29. The fourth-order valence-corrected chi connectivity index (χ4v) is 2.96. The van der Waals surface area contributed by atoms with Crippen molar-refractivity contribution >= 4 is 16.9 Å². The molecule has 0 saturated carbocycles. The molecule has 0 saturated heterocycles. The highest BCUT2D eigenvalue weighted by molar-refractivity contribution is 5.95. The Labute approximate surface area is 136 Å². The monoisotopic (exact) mass is 307 g/mol. The third-order valence-electron chi connectivity index (χ3n) is 4.18. The molecule has 3 aromatic rings. The summed E-state index contributed by atoms with van der Waals surface area (Å²) in [4.78, 5) is 17.2. The second-order valence-corrected chi connectivity index (χ2v) is 6.03. The third-order valence-corrected chi connectivity index (χ3v) is 4.18. The number of aryl methyl sites for hydroxylation is 3. The molecule has 4 heteroatoms. The minimum Gasteiger partial charge on any atom is -0.342 e. The van der Waals surface area contributed by atoms with Gasteiger partial charge in [-0.25, -0.2) is 4.98 Å². The molecule has 2 aromatic carbocycles. The minimum atomic E-state index is -0.166. The smallest absolute Gasteiger partial charge is 0.252 e. The predicted molar refractivity (Wildman–Crippen MR) is 92.5 cm³/mol. The molecule has 1 N–H and O–H groups in total. The van der Waals surface area contributed by atoms with Crippen molar-refractivity contribution in [1.29, 1.82) is 0 Å². The van der Waals surface area contributed by atoms with Gasteiger partial charge in [-0.1, -0.05) is 29.8 Å². The number of para-hydroxylation sites is 2. The molecular formula is C19H21N3O. The molecule has 0 bridgehead atoms. The first kappa shape index (κ1) is 15.3. The maximum Gasteiger partial charge on any atom is 0.252 e. The maximum atomic E-state index is 12.5. The molecule has 0 spiro atoms. The van der Waals surface area contributed by atoms with Crippen molar-refractivity contribution in [2.75, 3.05) is 0 Å². The van der Waals surface area contributed by atoms with Crippen LogP contribution in [0, 0.1) is 13.8 Å². The average molecular weight is 307 g/mol. The van der Waals surface area contributed by atoms with Crippen LogP contribution in [0.5, 0.6) is 0 Å². The summed E-state index contributed by atoms with van der Waals surface area (Å²) in [5.41, 5.74) is 4.86. The summed E-state index contributed by atoms with van der Waals surface area (Å²) in [6, 6.07) is 13.7. The molecule has 0 aliphatic heterocycles. The zero-order valence-electron chi connectivity index (χ0n) is 13.9. The molecule has 0 fully saturated rings. The highest BCUT2D eigenvalue weighted by Gasteiger charge is 2.18. The molecule has 23 heavy (non-hydrogen) atoms. The first-order valence-corrected chi connectivity index (χ1v) is 7.77. The lowest BCUT2D eigenvalue weighted by atomic mass is 10.0. The zero-order chi connectivity index (χ0) is 16.6. The van der Waals surface area contributed by atoms with Gasteiger partial charge in [-0.15, -0.1) is 0 Å². The van der Waals surface area contributed by atoms with E-state index in [4.69, 9.17) is 0 Å². The molecule has 0 aliphatic carbocycles. The van der Waals surface area contributed by atoms with Crippen molar-refractivity contribution in [3.8, 4) is 0 Å². The number of carbonyl (C=O) groups excluding carboxylic acids is 1. The van der Waals surface area contributed by atoms with Crippen LogP contribution in [-0.2, 0) is 7.05 Å². The van der Waals surface area contributed by atoms with Gasteiger partial charge in [0.15, 0.2) is 0 Å². The second kappa shape index (κ2) is 5.88. The fraction of sp³-hybridized carbons (Fsp3) is 0.263. The van der Waals surface area contributed by atoms with Crippen LogP contribution in [0.1, 0.15) is 40.3 Å². The molecule has 3 rings (SSSR count). The summed E-state index contributed by atoms with van der Waals surface area (Å²) >= 11 is 0. The molecule has 1 unspecified atom stereocenters. The van der Waals surface area contributed by atoms with E-state index < -0.39 is 0 Å². The van der Waals surface area contributed by atoms with Crippen molar-refractivity contribution in [1.82, 2.24) is 14.9 Å². The van der Waals surface area contributed by atoms with Crippen LogP contribution < -0.4 is 5.32 Å². The molecule has 1 amide bonds. The van der Waals surface area contributed by atoms with E-state index in [-0.39, 0.29) is 11.9 Å². The normalized spacial score (nSPS) is 12.3. The number of hydrogen-bond donors (Lipinski definition) is 1. The maximum absolute atomic E-state index is 12.5. The SMILES string of the molecule is Cc1ccc(C(=O)NC(C)c2nc3ccccc3n2C)c(C)c1. The highest BCUT2D eigenvalue weighted by atomic mass is 16.1. The molecule has 1 heterocycles. The average Bonchev–Trinajstić information content (AvgIpc) is 2.85. The summed E-state index contributed by atoms with van der Waals surface area (Å²) in [6.07, 6.45) is 0. The Morgan fingerprint density at radius 2 is 1.91 bits per heavy atom. The molecule has 0 aliphatic rings. The number of fused-ring (bicyclic) bond motifs is 1. The van der Waals surface area contributed by atoms with Gasteiger partial charge in [-0.2, -0.15) is 0 Å². The summed E-state index contributed by atoms with van der Waals surface area (Å²) in [5, 5.41) is 3.05. The number of amides is 1. The number of nitrogens with zero attached hydrogens (tertiary/aromatic N) is 2. The lowest BCUT2D eigenvalue weighted by Gasteiger charge is -2.15. The summed E-state index contributed by atoms with van der Waals surface area (Å²) in [7, 11) is 1.98. The molecule has 0 radical (unpaired) electrons. The van der Waals surface area contributed by atoms with Crippen molar-refractivity contribution in [2.45, 2.75) is 26.8 Å². The van der Waals surface area contributed by atoms with Gasteiger partial charge < -0.3 is 9.88 Å². The van der Waals surface area contributed by atoms with Gasteiger partial charge in [0.1, 0.15) is 5.82 Å². The standard InChI is InChI=1S/C19H21N3O/c1-12-9-10-15(13(2)11-12)19(23)20-14(3)18-21-16-7-5-6-8-17(16)22(18)4/h5-11,14H,1-4H3,(H,20,23). The summed E-state index contributed by atoms with van der Waals surface area (Å²) in [6.45, 7) is 5.95. The summed E-state index contributed by atoms with van der Waals surface area (Å²) in [5.74, 6) is 0.784. The molecule has 4 nitrogen and oxygen atoms in total. The van der Waals surface area contributed by atoms with E-state index in [9.17, 15) is 4.79 Å². The number of rotatable bonds is 3. The Bertz CT molecular complexity index is 879. The van der Waals surface area contributed by atoms with E-state index in [2.05, 4.69) is 10.3 Å². The Hall–Kier alpha value is -2.62. The second-order valence-electron chi connectivity index (χ2n) is 6.03. The van der Waals surface area contributed by atoms with Crippen LogP contribution in [0.3, 0.4) is 0 Å². The van der Waals surface area contributed by atoms with Gasteiger partial charge in [0.25, 0.3) is 5.91 Å². The van der Waals surface area contributed by atoms with Gasteiger partial charge >= 0.3 is 0 Å². The van der Waals surface area contributed by atoms with E-state index in [1.54, 1.807) is 0 Å². The number of hydrogen-bond acceptors (Lipinski definition) is 2. The fourth-order valence-electron chi connectivity index (χ4n) is 2.96. The van der Waals surface area contributed by atoms with Crippen molar-refractivity contribution in [3.63, 3.8) is 0 Å². The van der Waals surface area contributed by atoms with Crippen LogP contribution in [0.25, 0.3) is 11.0 Å². The van der Waals surface area contributed by atoms with Crippen molar-refractivity contribution < 1.29 is 4.79 Å². The summed E-state index contributed by atoms with van der Waals surface area (Å²) < 4.78 is 2.03. The van der Waals surface area contributed by atoms with Gasteiger partial charge in [-0.3, -0.25) is 4.79 Å². The number of nitrogens with one attached hydrogen (secondary N) is 1. The number of imidazole rings is 1. The predicted octanol–water partition coefficient (Wildman–Crippen LogP) is 3.68. The highest BCUT2D eigenvalue weighted by Crippen LogP contribution is 2.20. The first-order valence-electron chi connectivity index (χ1n) is 7.77. The van der Waals surface area contributed by atoms with Gasteiger partial charge in [0.2, 0.25) is 0 Å². The van der Waals surface area contributed by atoms with Crippen molar-refractivity contribution in [3.05, 3.63) is 65.0 Å². The van der Waals surface area contributed by atoms with E-state index in [0.29, 0.717) is 5.56 Å². The van der Waals surface area contributed by atoms with E-state index >= 15 is 0 Å². The number of benzene rings is 2. The zero-order valence-corrected chi connectivity index (χ0v) is 13.9. The van der Waals surface area contributed by atoms with E-state index in [1.165, 1.54) is 0 Å². The Balaban J connectivity index is 1.86. The van der Waals surface area contributed by atoms with E-state index in [1.807, 2.05) is 74.9 Å². The van der Waals surface area contributed by atoms with Crippen LogP contribution in [0.15, 0.2) is 42.5 Å². The molecule has 1 aromatic heterocycles. The molecule has 1 atom stereocenters. The number of aromatic nitrogens is 2. The Morgan fingerprint density at radius 1 is 1.17 bits per heavy atom. The van der Waals surface area contributed by atoms with Crippen LogP contribution >= 0.6 is 0 Å². The molecule has 118 valence electrons. The van der Waals surface area contributed by atoms with Crippen LogP contribution in [0.2, 0.25) is 0 Å². The topological polar surface area (TPSA) is 46.9 Å².